The Bertz CT molecular complexity index is 1480. The van der Waals surface area contributed by atoms with Gasteiger partial charge in [0.2, 0.25) is 0 Å². The molecule has 3 N–H and O–H groups in total. The summed E-state index contributed by atoms with van der Waals surface area (Å²) in [6.45, 7) is -0.658. The van der Waals surface area contributed by atoms with Gasteiger partial charge < -0.3 is 19.8 Å². The highest BCUT2D eigenvalue weighted by molar-refractivity contribution is 6.02. The number of para-hydroxylation sites is 1. The van der Waals surface area contributed by atoms with Crippen molar-refractivity contribution < 1.29 is 23.9 Å². The molecule has 182 valence electrons. The van der Waals surface area contributed by atoms with Crippen molar-refractivity contribution in [2.45, 2.75) is 6.42 Å². The summed E-state index contributed by atoms with van der Waals surface area (Å²) in [6.07, 6.45) is 0.168. The van der Waals surface area contributed by atoms with Gasteiger partial charge in [0.1, 0.15) is 11.6 Å². The van der Waals surface area contributed by atoms with Crippen LogP contribution in [0.2, 0.25) is 0 Å². The third-order valence-corrected chi connectivity index (χ3v) is 5.19. The average Bonchev–Trinajstić information content (AvgIpc) is 2.88. The highest BCUT2D eigenvalue weighted by atomic mass is 16.5. The highest BCUT2D eigenvalue weighted by Crippen LogP contribution is 2.16. The van der Waals surface area contributed by atoms with Crippen molar-refractivity contribution in [1.29, 1.82) is 0 Å². The second-order valence-electron chi connectivity index (χ2n) is 7.67. The zero-order chi connectivity index (χ0) is 25.5. The number of aromatic nitrogens is 2. The topological polar surface area (TPSA) is 139 Å². The molecule has 0 spiro atoms. The Balaban J connectivity index is 1.36. The quantitative estimate of drug-likeness (QED) is 0.341. The first-order valence-electron chi connectivity index (χ1n) is 10.9. The van der Waals surface area contributed by atoms with Crippen molar-refractivity contribution in [2.75, 3.05) is 19.0 Å². The maximum absolute atomic E-state index is 12.7. The molecule has 0 aliphatic carbocycles. The zero-order valence-electron chi connectivity index (χ0n) is 19.2. The molecule has 0 aliphatic heterocycles. The minimum absolute atomic E-state index is 0.168. The fraction of sp³-hybridized carbons (Fsp3) is 0.115. The average molecular weight is 486 g/mol. The van der Waals surface area contributed by atoms with Crippen LogP contribution >= 0.6 is 0 Å². The van der Waals surface area contributed by atoms with Crippen LogP contribution in [0.5, 0.6) is 5.75 Å². The molecular weight excluding hydrogens is 464 g/mol. The number of aromatic amines is 1. The maximum atomic E-state index is 12.7. The van der Waals surface area contributed by atoms with E-state index in [9.17, 15) is 19.2 Å². The number of anilines is 1. The number of nitrogens with zero attached hydrogens (tertiary/aromatic N) is 1. The largest absolute Gasteiger partial charge is 0.497 e. The summed E-state index contributed by atoms with van der Waals surface area (Å²) in [5, 5.41) is 5.06. The van der Waals surface area contributed by atoms with Gasteiger partial charge >= 0.3 is 12.0 Å². The van der Waals surface area contributed by atoms with Gasteiger partial charge in [0, 0.05) is 12.1 Å². The Morgan fingerprint density at radius 3 is 2.44 bits per heavy atom. The molecule has 4 aromatic rings. The minimum Gasteiger partial charge on any atom is -0.497 e. The van der Waals surface area contributed by atoms with Crippen LogP contribution in [0.25, 0.3) is 10.9 Å². The van der Waals surface area contributed by atoms with Crippen LogP contribution in [0, 0.1) is 0 Å². The van der Waals surface area contributed by atoms with E-state index in [1.807, 2.05) is 0 Å². The Hall–Kier alpha value is -4.99. The monoisotopic (exact) mass is 486 g/mol. The second-order valence-corrected chi connectivity index (χ2v) is 7.67. The van der Waals surface area contributed by atoms with Crippen LogP contribution in [0.1, 0.15) is 21.7 Å². The van der Waals surface area contributed by atoms with Gasteiger partial charge in [-0.2, -0.15) is 0 Å². The summed E-state index contributed by atoms with van der Waals surface area (Å²) in [5.41, 5.74) is 1.48. The van der Waals surface area contributed by atoms with Gasteiger partial charge in [0.05, 0.1) is 23.6 Å². The van der Waals surface area contributed by atoms with Gasteiger partial charge in [-0.3, -0.25) is 14.9 Å². The van der Waals surface area contributed by atoms with E-state index in [2.05, 4.69) is 20.6 Å². The third-order valence-electron chi connectivity index (χ3n) is 5.19. The van der Waals surface area contributed by atoms with Crippen molar-refractivity contribution in [3.8, 4) is 5.75 Å². The highest BCUT2D eigenvalue weighted by Gasteiger charge is 2.17. The lowest BCUT2D eigenvalue weighted by atomic mass is 10.0. The van der Waals surface area contributed by atoms with Gasteiger partial charge in [-0.05, 0) is 48.0 Å². The number of imide groups is 1. The number of amides is 3. The van der Waals surface area contributed by atoms with Crippen molar-refractivity contribution in [2.24, 2.45) is 0 Å². The molecule has 0 atom stereocenters. The fourth-order valence-corrected chi connectivity index (χ4v) is 3.48. The summed E-state index contributed by atoms with van der Waals surface area (Å²) in [4.78, 5) is 56.3. The Morgan fingerprint density at radius 2 is 1.67 bits per heavy atom. The van der Waals surface area contributed by atoms with E-state index in [0.29, 0.717) is 33.7 Å². The molecule has 1 aromatic heterocycles. The predicted molar refractivity (Wildman–Crippen MR) is 132 cm³/mol. The molecule has 10 nitrogen and oxygen atoms in total. The number of esters is 1. The number of nitrogens with one attached hydrogen (secondary N) is 3. The van der Waals surface area contributed by atoms with Crippen LogP contribution in [-0.2, 0) is 16.0 Å². The minimum atomic E-state index is -0.799. The molecule has 10 heteroatoms. The fourth-order valence-electron chi connectivity index (χ4n) is 3.48. The molecular formula is C26H22N4O6. The zero-order valence-corrected chi connectivity index (χ0v) is 19.2. The Kier molecular flexibility index (Phi) is 7.35. The number of rotatable bonds is 7. The number of ether oxygens (including phenoxy) is 2. The molecule has 3 aromatic carbocycles. The molecule has 0 aliphatic rings. The molecule has 0 fully saturated rings. The number of carbonyl (C=O) groups excluding carboxylic acids is 3. The molecule has 36 heavy (non-hydrogen) atoms. The van der Waals surface area contributed by atoms with Gasteiger partial charge in [-0.15, -0.1) is 0 Å². The van der Waals surface area contributed by atoms with E-state index in [-0.39, 0.29) is 17.5 Å². The van der Waals surface area contributed by atoms with E-state index in [1.165, 1.54) is 7.11 Å². The van der Waals surface area contributed by atoms with Gasteiger partial charge in [-0.1, -0.05) is 30.3 Å². The van der Waals surface area contributed by atoms with Crippen LogP contribution in [0.4, 0.5) is 10.5 Å². The molecule has 0 radical (unpaired) electrons. The molecule has 0 saturated heterocycles. The summed E-state index contributed by atoms with van der Waals surface area (Å²) in [6, 6.07) is 19.3. The smallest absolute Gasteiger partial charge is 0.338 e. The molecule has 4 rings (SSSR count). The molecule has 3 amide bonds. The standard InChI is InChI=1S/C26H22N4O6/c1-35-18-12-10-17(11-13-18)27-26(34)30-23(31)15-36-25(33)19-7-3-2-6-16(19)14-22-28-21-9-5-4-8-20(21)24(32)29-22/h2-13H,14-15H2,1H3,(H,28,29,32)(H2,27,30,31,34). The van der Waals surface area contributed by atoms with E-state index >= 15 is 0 Å². The van der Waals surface area contributed by atoms with Gasteiger partial charge in [0.15, 0.2) is 6.61 Å². The number of H-pyrrole nitrogens is 1. The van der Waals surface area contributed by atoms with E-state index in [1.54, 1.807) is 72.8 Å². The van der Waals surface area contributed by atoms with Crippen molar-refractivity contribution in [1.82, 2.24) is 15.3 Å². The number of hydrogen-bond acceptors (Lipinski definition) is 7. The Morgan fingerprint density at radius 1 is 0.944 bits per heavy atom. The van der Waals surface area contributed by atoms with Crippen molar-refractivity contribution in [3.63, 3.8) is 0 Å². The molecule has 0 bridgehead atoms. The summed E-state index contributed by atoms with van der Waals surface area (Å²) in [5.74, 6) is -0.550. The lowest BCUT2D eigenvalue weighted by molar-refractivity contribution is -0.123. The summed E-state index contributed by atoms with van der Waals surface area (Å²) < 4.78 is 10.1. The first kappa shape index (κ1) is 24.1. The number of benzene rings is 3. The van der Waals surface area contributed by atoms with Crippen LogP contribution in [0.3, 0.4) is 0 Å². The lowest BCUT2D eigenvalue weighted by Gasteiger charge is -2.10. The van der Waals surface area contributed by atoms with Gasteiger partial charge in [-0.25, -0.2) is 14.6 Å². The van der Waals surface area contributed by atoms with E-state index in [0.717, 1.165) is 0 Å². The third kappa shape index (κ3) is 5.92. The normalized spacial score (nSPS) is 10.5. The first-order chi connectivity index (χ1) is 17.4. The van der Waals surface area contributed by atoms with E-state index in [4.69, 9.17) is 9.47 Å². The van der Waals surface area contributed by atoms with Crippen LogP contribution in [-0.4, -0.2) is 41.6 Å². The predicted octanol–water partition coefficient (Wildman–Crippen LogP) is 3.03. The van der Waals surface area contributed by atoms with Gasteiger partial charge in [0.25, 0.3) is 11.5 Å². The van der Waals surface area contributed by atoms with Crippen molar-refractivity contribution in [3.05, 3.63) is 100 Å². The maximum Gasteiger partial charge on any atom is 0.338 e. The molecule has 0 saturated carbocycles. The number of carbonyl (C=O) groups is 3. The van der Waals surface area contributed by atoms with E-state index < -0.39 is 24.5 Å². The Labute approximate surface area is 205 Å². The summed E-state index contributed by atoms with van der Waals surface area (Å²) in [7, 11) is 1.52. The number of fused-ring (bicyclic) bond motifs is 1. The number of methoxy groups -OCH3 is 1. The first-order valence-corrected chi connectivity index (χ1v) is 10.9. The van der Waals surface area contributed by atoms with Crippen molar-refractivity contribution >= 4 is 34.5 Å². The number of hydrogen-bond donors (Lipinski definition) is 3. The molecule has 1 heterocycles. The summed E-state index contributed by atoms with van der Waals surface area (Å²) >= 11 is 0. The number of urea groups is 1. The lowest BCUT2D eigenvalue weighted by Crippen LogP contribution is -2.37. The van der Waals surface area contributed by atoms with Crippen LogP contribution < -0.4 is 20.9 Å². The van der Waals surface area contributed by atoms with Crippen LogP contribution in [0.15, 0.2) is 77.6 Å². The SMILES string of the molecule is COc1ccc(NC(=O)NC(=O)COC(=O)c2ccccc2Cc2nc3ccccc3c(=O)[nH]2)cc1. The second kappa shape index (κ2) is 11.0. The molecule has 0 unspecified atom stereocenters.